The molecule has 7 heteroatoms. The van der Waals surface area contributed by atoms with Crippen molar-refractivity contribution in [3.63, 3.8) is 0 Å². The zero-order valence-electron chi connectivity index (χ0n) is 15.2. The predicted molar refractivity (Wildman–Crippen MR) is 105 cm³/mol. The van der Waals surface area contributed by atoms with Crippen LogP contribution < -0.4 is 10.2 Å². The van der Waals surface area contributed by atoms with E-state index in [0.717, 1.165) is 16.8 Å². The summed E-state index contributed by atoms with van der Waals surface area (Å²) in [6, 6.07) is 19.4. The Labute approximate surface area is 162 Å². The molecule has 0 bridgehead atoms. The molecule has 0 saturated heterocycles. The molecule has 3 aromatic rings. The Hall–Kier alpha value is -3.58. The second kappa shape index (κ2) is 8.41. The largest absolute Gasteiger partial charge is 0.459 e. The minimum Gasteiger partial charge on any atom is -0.459 e. The van der Waals surface area contributed by atoms with Crippen LogP contribution in [0.2, 0.25) is 0 Å². The Morgan fingerprint density at radius 3 is 2.68 bits per heavy atom. The summed E-state index contributed by atoms with van der Waals surface area (Å²) in [7, 11) is 0. The van der Waals surface area contributed by atoms with Gasteiger partial charge in [-0.05, 0) is 29.3 Å². The van der Waals surface area contributed by atoms with E-state index in [1.54, 1.807) is 12.5 Å². The maximum Gasteiger partial charge on any atom is 0.234 e. The molecule has 0 aliphatic carbocycles. The highest BCUT2D eigenvalue weighted by molar-refractivity contribution is 5.56. The van der Waals surface area contributed by atoms with E-state index in [4.69, 9.17) is 9.47 Å². The van der Waals surface area contributed by atoms with Crippen molar-refractivity contribution in [3.05, 3.63) is 90.1 Å². The molecule has 2 N–H and O–H groups in total. The average Bonchev–Trinajstić information content (AvgIpc) is 3.28. The van der Waals surface area contributed by atoms with Crippen LogP contribution in [0.5, 0.6) is 0 Å². The van der Waals surface area contributed by atoms with Crippen LogP contribution in [0.1, 0.15) is 11.1 Å². The van der Waals surface area contributed by atoms with Crippen molar-refractivity contribution < 1.29 is 14.6 Å². The van der Waals surface area contributed by atoms with Gasteiger partial charge in [-0.2, -0.15) is 4.98 Å². The normalized spacial score (nSPS) is 12.7. The number of aliphatic hydroxyl groups excluding tert-OH is 1. The molecule has 0 amide bonds. The van der Waals surface area contributed by atoms with Crippen molar-refractivity contribution >= 4 is 17.5 Å². The highest BCUT2D eigenvalue weighted by atomic mass is 16.7. The van der Waals surface area contributed by atoms with E-state index in [1.807, 2.05) is 65.6 Å². The number of anilines is 3. The first-order valence-corrected chi connectivity index (χ1v) is 8.88. The van der Waals surface area contributed by atoms with Gasteiger partial charge in [0.25, 0.3) is 0 Å². The summed E-state index contributed by atoms with van der Waals surface area (Å²) in [5.41, 5.74) is 2.73. The third kappa shape index (κ3) is 4.21. The SMILES string of the molecule is OCc1cccc(Nc2nccc(N(Cc3ccccc3)C3=COCO3)n2)c1. The number of hydrogen-bond acceptors (Lipinski definition) is 7. The van der Waals surface area contributed by atoms with Gasteiger partial charge < -0.3 is 19.9 Å². The minimum absolute atomic E-state index is 0.0211. The van der Waals surface area contributed by atoms with Gasteiger partial charge in [-0.25, -0.2) is 4.98 Å². The van der Waals surface area contributed by atoms with Crippen LogP contribution >= 0.6 is 0 Å². The van der Waals surface area contributed by atoms with Crippen molar-refractivity contribution in [2.45, 2.75) is 13.2 Å². The molecule has 142 valence electrons. The topological polar surface area (TPSA) is 79.7 Å². The van der Waals surface area contributed by atoms with Crippen LogP contribution in [0.4, 0.5) is 17.5 Å². The fourth-order valence-corrected chi connectivity index (χ4v) is 2.85. The first kappa shape index (κ1) is 17.8. The maximum absolute atomic E-state index is 9.31. The zero-order valence-corrected chi connectivity index (χ0v) is 15.2. The number of aliphatic hydroxyl groups is 1. The zero-order chi connectivity index (χ0) is 19.2. The quantitative estimate of drug-likeness (QED) is 0.653. The fourth-order valence-electron chi connectivity index (χ4n) is 2.85. The molecule has 7 nitrogen and oxygen atoms in total. The van der Waals surface area contributed by atoms with Gasteiger partial charge in [-0.15, -0.1) is 0 Å². The van der Waals surface area contributed by atoms with Gasteiger partial charge in [0.15, 0.2) is 0 Å². The van der Waals surface area contributed by atoms with E-state index in [0.29, 0.717) is 24.2 Å². The smallest absolute Gasteiger partial charge is 0.234 e. The van der Waals surface area contributed by atoms with Crippen LogP contribution in [0, 0.1) is 0 Å². The summed E-state index contributed by atoms with van der Waals surface area (Å²) < 4.78 is 10.8. The van der Waals surface area contributed by atoms with Crippen LogP contribution in [-0.2, 0) is 22.6 Å². The van der Waals surface area contributed by atoms with Gasteiger partial charge in [0, 0.05) is 11.9 Å². The van der Waals surface area contributed by atoms with E-state index in [1.165, 1.54) is 0 Å². The van der Waals surface area contributed by atoms with E-state index in [9.17, 15) is 5.11 Å². The van der Waals surface area contributed by atoms with E-state index in [-0.39, 0.29) is 13.4 Å². The Balaban J connectivity index is 1.60. The van der Waals surface area contributed by atoms with Crippen LogP contribution in [0.25, 0.3) is 0 Å². The number of ether oxygens (including phenoxy) is 2. The van der Waals surface area contributed by atoms with E-state index >= 15 is 0 Å². The molecular weight excluding hydrogens is 356 g/mol. The van der Waals surface area contributed by atoms with Gasteiger partial charge in [0.2, 0.25) is 18.6 Å². The number of benzene rings is 2. The molecule has 0 spiro atoms. The molecule has 0 saturated carbocycles. The first-order chi connectivity index (χ1) is 13.8. The standard InChI is InChI=1S/C21H20N4O3/c26-13-17-7-4-8-18(11-17)23-21-22-10-9-19(24-21)25(20-14-27-15-28-20)12-16-5-2-1-3-6-16/h1-11,14,26H,12-13,15H2,(H,22,23,24). The van der Waals surface area contributed by atoms with Gasteiger partial charge in [0.1, 0.15) is 12.1 Å². The molecule has 2 heterocycles. The lowest BCUT2D eigenvalue weighted by atomic mass is 10.2. The molecule has 1 aliphatic heterocycles. The van der Waals surface area contributed by atoms with Crippen molar-refractivity contribution in [3.8, 4) is 0 Å². The second-order valence-corrected chi connectivity index (χ2v) is 6.18. The maximum atomic E-state index is 9.31. The van der Waals surface area contributed by atoms with Crippen LogP contribution in [0.3, 0.4) is 0 Å². The molecule has 4 rings (SSSR count). The third-order valence-corrected chi connectivity index (χ3v) is 4.19. The third-order valence-electron chi connectivity index (χ3n) is 4.19. The average molecular weight is 376 g/mol. The Bertz CT molecular complexity index is 963. The second-order valence-electron chi connectivity index (χ2n) is 6.18. The van der Waals surface area contributed by atoms with Gasteiger partial charge >= 0.3 is 0 Å². The predicted octanol–water partition coefficient (Wildman–Crippen LogP) is 3.52. The summed E-state index contributed by atoms with van der Waals surface area (Å²) in [6.07, 6.45) is 3.28. The molecule has 0 radical (unpaired) electrons. The number of hydrogen-bond donors (Lipinski definition) is 2. The van der Waals surface area contributed by atoms with E-state index < -0.39 is 0 Å². The molecule has 0 atom stereocenters. The van der Waals surface area contributed by atoms with Crippen molar-refractivity contribution in [1.82, 2.24) is 9.97 Å². The lowest BCUT2D eigenvalue weighted by Gasteiger charge is -2.23. The Morgan fingerprint density at radius 2 is 1.89 bits per heavy atom. The van der Waals surface area contributed by atoms with Gasteiger partial charge in [-0.3, -0.25) is 4.90 Å². The number of nitrogens with one attached hydrogen (secondary N) is 1. The molecule has 28 heavy (non-hydrogen) atoms. The summed E-state index contributed by atoms with van der Waals surface area (Å²) in [5, 5.41) is 12.5. The Morgan fingerprint density at radius 1 is 1.04 bits per heavy atom. The molecule has 0 unspecified atom stereocenters. The lowest BCUT2D eigenvalue weighted by Crippen LogP contribution is -2.23. The summed E-state index contributed by atoms with van der Waals surface area (Å²) in [5.74, 6) is 1.72. The van der Waals surface area contributed by atoms with Gasteiger partial charge in [-0.1, -0.05) is 42.5 Å². The minimum atomic E-state index is -0.0211. The molecule has 0 fully saturated rings. The van der Waals surface area contributed by atoms with Crippen LogP contribution in [0.15, 0.2) is 79.0 Å². The molecular formula is C21H20N4O3. The van der Waals surface area contributed by atoms with Crippen molar-refractivity contribution in [1.29, 1.82) is 0 Å². The summed E-state index contributed by atoms with van der Waals surface area (Å²) >= 11 is 0. The number of rotatable bonds is 7. The number of aromatic nitrogens is 2. The van der Waals surface area contributed by atoms with Crippen molar-refractivity contribution in [2.24, 2.45) is 0 Å². The molecule has 1 aromatic heterocycles. The summed E-state index contributed by atoms with van der Waals surface area (Å²) in [4.78, 5) is 10.9. The van der Waals surface area contributed by atoms with E-state index in [2.05, 4.69) is 15.3 Å². The van der Waals surface area contributed by atoms with Crippen molar-refractivity contribution in [2.75, 3.05) is 17.0 Å². The van der Waals surface area contributed by atoms with Gasteiger partial charge in [0.05, 0.1) is 13.2 Å². The number of nitrogens with zero attached hydrogens (tertiary/aromatic N) is 3. The fraction of sp³-hybridized carbons (Fsp3) is 0.143. The Kier molecular flexibility index (Phi) is 5.35. The molecule has 2 aromatic carbocycles. The lowest BCUT2D eigenvalue weighted by molar-refractivity contribution is 0.0781. The highest BCUT2D eigenvalue weighted by Gasteiger charge is 2.20. The molecule has 1 aliphatic rings. The summed E-state index contributed by atoms with van der Waals surface area (Å²) in [6.45, 7) is 0.740. The monoisotopic (exact) mass is 376 g/mol. The van der Waals surface area contributed by atoms with Crippen LogP contribution in [-0.4, -0.2) is 21.9 Å². The first-order valence-electron chi connectivity index (χ1n) is 8.88. The highest BCUT2D eigenvalue weighted by Crippen LogP contribution is 2.25.